The molecule has 0 saturated carbocycles. The first-order chi connectivity index (χ1) is 0. The molecular weight excluding hydrogens is 275 g/mol. The van der Waals surface area contributed by atoms with E-state index >= 15 is 0 Å². The average molecular weight is 283 g/mol. The van der Waals surface area contributed by atoms with Gasteiger partial charge < -0.3 is 11.0 Å². The van der Waals surface area contributed by atoms with Gasteiger partial charge in [-0.15, -0.1) is 0 Å². The van der Waals surface area contributed by atoms with Crippen LogP contribution < -0.4 is 0 Å². The van der Waals surface area contributed by atoms with E-state index in [-0.39, 0.29) is 88.0 Å². The third kappa shape index (κ3) is 120. The van der Waals surface area contributed by atoms with Crippen molar-refractivity contribution in [2.24, 2.45) is 0 Å². The van der Waals surface area contributed by atoms with Crippen molar-refractivity contribution < 1.29 is 62.2 Å². The van der Waals surface area contributed by atoms with Gasteiger partial charge in [0.2, 0.25) is 0 Å². The molecule has 2 nitrogen and oxygen atoms in total. The van der Waals surface area contributed by atoms with E-state index < -0.39 is 0 Å². The van der Waals surface area contributed by atoms with Crippen LogP contribution in [-0.2, 0) is 62.2 Å². The minimum absolute atomic E-state index is 0. The van der Waals surface area contributed by atoms with E-state index in [4.69, 9.17) is 0 Å². The van der Waals surface area contributed by atoms with E-state index in [1.54, 1.807) is 0 Å². The molecule has 0 atom stereocenters. The summed E-state index contributed by atoms with van der Waals surface area (Å²) in [5.41, 5.74) is 0. The SMILES string of the molecule is C.C.[Cu+2].[Cu+].[Cu+].[O-2].[O-2].[Si]. The average Bonchev–Trinajstić information content (AvgIpc) is 0. The first-order valence-corrected chi connectivity index (χ1v) is 0. The van der Waals surface area contributed by atoms with Crippen LogP contribution in [0, 0.1) is 0 Å². The van der Waals surface area contributed by atoms with Gasteiger partial charge in [0.05, 0.1) is 0 Å². The molecule has 0 aromatic carbocycles. The molecule has 0 amide bonds. The van der Waals surface area contributed by atoms with Crippen LogP contribution in [0.4, 0.5) is 0 Å². The molecule has 0 N–H and O–H groups in total. The Balaban J connectivity index is 0. The molecule has 0 rings (SSSR count). The molecule has 5 radical (unpaired) electrons. The van der Waals surface area contributed by atoms with Crippen molar-refractivity contribution >= 4 is 11.0 Å². The van der Waals surface area contributed by atoms with Crippen molar-refractivity contribution in [3.05, 3.63) is 0 Å². The van der Waals surface area contributed by atoms with Gasteiger partial charge in [-0.3, -0.25) is 0 Å². The third-order valence-corrected chi connectivity index (χ3v) is 0. The van der Waals surface area contributed by atoms with Gasteiger partial charge in [-0.1, -0.05) is 14.9 Å². The summed E-state index contributed by atoms with van der Waals surface area (Å²) in [6.07, 6.45) is 0. The monoisotopic (exact) mass is 281 g/mol. The quantitative estimate of drug-likeness (QED) is 0.586. The minimum Gasteiger partial charge on any atom is -2.00 e. The molecule has 6 heteroatoms. The van der Waals surface area contributed by atoms with Crippen molar-refractivity contribution in [1.82, 2.24) is 0 Å². The van der Waals surface area contributed by atoms with E-state index in [1.165, 1.54) is 0 Å². The molecule has 0 aromatic rings. The Bertz CT molecular complexity index is 15.2. The first kappa shape index (κ1) is 255. The molecule has 0 aliphatic carbocycles. The van der Waals surface area contributed by atoms with Gasteiger partial charge in [-0.25, -0.2) is 0 Å². The number of rotatable bonds is 0. The molecule has 0 heterocycles. The Kier molecular flexibility index (Phi) is 5710. The van der Waals surface area contributed by atoms with E-state index in [2.05, 4.69) is 0 Å². The standard InChI is InChI=1S/2CH4.3Cu.2O.Si/h2*1H4;;;;;;/q;;2*+1;+2;2*-2;. The summed E-state index contributed by atoms with van der Waals surface area (Å²) in [6.45, 7) is 0. The van der Waals surface area contributed by atoms with Crippen molar-refractivity contribution in [2.75, 3.05) is 0 Å². The molecule has 0 spiro atoms. The van der Waals surface area contributed by atoms with Crippen LogP contribution in [0.15, 0.2) is 0 Å². The third-order valence-electron chi connectivity index (χ3n) is 0. The topological polar surface area (TPSA) is 57.0 Å². The Morgan fingerprint density at radius 2 is 0.625 bits per heavy atom. The molecule has 65 valence electrons. The Morgan fingerprint density at radius 3 is 0.625 bits per heavy atom. The van der Waals surface area contributed by atoms with Crippen LogP contribution in [0.3, 0.4) is 0 Å². The predicted molar refractivity (Wildman–Crippen MR) is 20.6 cm³/mol. The van der Waals surface area contributed by atoms with Crippen LogP contribution in [0.5, 0.6) is 0 Å². The molecule has 0 fully saturated rings. The van der Waals surface area contributed by atoms with Crippen molar-refractivity contribution in [3.8, 4) is 0 Å². The van der Waals surface area contributed by atoms with E-state index in [9.17, 15) is 0 Å². The van der Waals surface area contributed by atoms with Gasteiger partial charge >= 0.3 is 51.2 Å². The summed E-state index contributed by atoms with van der Waals surface area (Å²) >= 11 is 0. The molecule has 0 aromatic heterocycles. The smallest absolute Gasteiger partial charge is 2.00 e. The fourth-order valence-electron chi connectivity index (χ4n) is 0. The maximum Gasteiger partial charge on any atom is 2.00 e. The molecule has 0 aliphatic heterocycles. The first-order valence-electron chi connectivity index (χ1n) is 0. The zero-order chi connectivity index (χ0) is 0. The Hall–Kier alpha value is 1.70. The molecule has 8 heavy (non-hydrogen) atoms. The largest absolute Gasteiger partial charge is 2.00 e. The second-order valence-electron chi connectivity index (χ2n) is 0. The van der Waals surface area contributed by atoms with E-state index in [0.717, 1.165) is 0 Å². The zero-order valence-electron chi connectivity index (χ0n) is 2.22. The Morgan fingerprint density at radius 1 is 0.625 bits per heavy atom. The minimum atomic E-state index is 0. The normalized spacial score (nSPS) is 0. The molecule has 0 saturated heterocycles. The van der Waals surface area contributed by atoms with Crippen LogP contribution in [-0.4, -0.2) is 11.0 Å². The van der Waals surface area contributed by atoms with Crippen LogP contribution >= 0.6 is 0 Å². The predicted octanol–water partition coefficient (Wildman–Crippen LogP) is 0.646. The zero-order valence-corrected chi connectivity index (χ0v) is 6.05. The summed E-state index contributed by atoms with van der Waals surface area (Å²) < 4.78 is 0. The molecule has 0 bridgehead atoms. The maximum absolute atomic E-state index is 0. The van der Waals surface area contributed by atoms with Crippen LogP contribution in [0.2, 0.25) is 0 Å². The van der Waals surface area contributed by atoms with Gasteiger partial charge in [0, 0.05) is 11.0 Å². The summed E-state index contributed by atoms with van der Waals surface area (Å²) in [5.74, 6) is 0. The molecule has 0 aliphatic rings. The fraction of sp³-hybridized carbons (Fsp3) is 1.00. The van der Waals surface area contributed by atoms with Crippen molar-refractivity contribution in [2.45, 2.75) is 14.9 Å². The Labute approximate surface area is 87.6 Å². The van der Waals surface area contributed by atoms with Gasteiger partial charge in [0.1, 0.15) is 0 Å². The van der Waals surface area contributed by atoms with Gasteiger partial charge in [-0.05, 0) is 0 Å². The number of hydrogen-bond acceptors (Lipinski definition) is 0. The second kappa shape index (κ2) is 179. The summed E-state index contributed by atoms with van der Waals surface area (Å²) in [6, 6.07) is 0. The van der Waals surface area contributed by atoms with Crippen LogP contribution in [0.1, 0.15) is 14.9 Å². The summed E-state index contributed by atoms with van der Waals surface area (Å²) in [4.78, 5) is 0. The fourth-order valence-corrected chi connectivity index (χ4v) is 0. The second-order valence-corrected chi connectivity index (χ2v) is 0. The van der Waals surface area contributed by atoms with E-state index in [0.29, 0.717) is 0 Å². The van der Waals surface area contributed by atoms with Crippen molar-refractivity contribution in [3.63, 3.8) is 0 Å². The van der Waals surface area contributed by atoms with E-state index in [1.807, 2.05) is 0 Å². The maximum atomic E-state index is 0. The van der Waals surface area contributed by atoms with Crippen LogP contribution in [0.25, 0.3) is 0 Å². The number of hydrogen-bond donors (Lipinski definition) is 0. The molecular formula is C2H8Cu3O2Si. The van der Waals surface area contributed by atoms with Gasteiger partial charge in [0.25, 0.3) is 0 Å². The van der Waals surface area contributed by atoms with Crippen molar-refractivity contribution in [1.29, 1.82) is 0 Å². The summed E-state index contributed by atoms with van der Waals surface area (Å²) in [7, 11) is 0. The molecule has 0 unspecified atom stereocenters. The summed E-state index contributed by atoms with van der Waals surface area (Å²) in [5, 5.41) is 0. The van der Waals surface area contributed by atoms with Gasteiger partial charge in [-0.2, -0.15) is 0 Å². The van der Waals surface area contributed by atoms with Gasteiger partial charge in [0.15, 0.2) is 0 Å².